The monoisotopic (exact) mass is 332 g/mol. The van der Waals surface area contributed by atoms with E-state index in [9.17, 15) is 13.2 Å². The minimum Gasteiger partial charge on any atom is -0.378 e. The molecule has 0 spiro atoms. The summed E-state index contributed by atoms with van der Waals surface area (Å²) < 4.78 is 22.8. The Morgan fingerprint density at radius 3 is 2.04 bits per heavy atom. The highest BCUT2D eigenvalue weighted by Gasteiger charge is 2.08. The quantitative estimate of drug-likeness (QED) is 0.910. The summed E-state index contributed by atoms with van der Waals surface area (Å²) in [6.07, 6.45) is 1.17. The Bertz CT molecular complexity index is 780. The highest BCUT2D eigenvalue weighted by Crippen LogP contribution is 2.13. The maximum absolute atomic E-state index is 12.1. The number of anilines is 1. The van der Waals surface area contributed by atoms with E-state index in [2.05, 4.69) is 5.32 Å². The summed E-state index contributed by atoms with van der Waals surface area (Å²) in [5.41, 5.74) is 2.46. The van der Waals surface area contributed by atoms with Crippen LogP contribution in [0.4, 0.5) is 5.69 Å². The molecule has 0 aliphatic heterocycles. The van der Waals surface area contributed by atoms with Gasteiger partial charge in [-0.15, -0.1) is 0 Å². The summed E-state index contributed by atoms with van der Waals surface area (Å²) in [7, 11) is 0.683. The lowest BCUT2D eigenvalue weighted by Crippen LogP contribution is -2.22. The maximum Gasteiger partial charge on any atom is 0.251 e. The Morgan fingerprint density at radius 2 is 1.57 bits per heavy atom. The normalized spacial score (nSPS) is 11.1. The third-order valence-corrected chi connectivity index (χ3v) is 4.58. The van der Waals surface area contributed by atoms with Crippen molar-refractivity contribution >= 4 is 21.4 Å². The minimum atomic E-state index is -3.20. The third kappa shape index (κ3) is 4.56. The van der Waals surface area contributed by atoms with Gasteiger partial charge in [0, 0.05) is 38.1 Å². The summed E-state index contributed by atoms with van der Waals surface area (Å²) in [6.45, 7) is 0.346. The van der Waals surface area contributed by atoms with E-state index in [1.165, 1.54) is 6.26 Å². The summed E-state index contributed by atoms with van der Waals surface area (Å²) in [4.78, 5) is 14.3. The number of rotatable bonds is 5. The number of nitrogens with one attached hydrogen (secondary N) is 1. The first-order valence-corrected chi connectivity index (χ1v) is 9.01. The van der Waals surface area contributed by atoms with Gasteiger partial charge in [0.25, 0.3) is 5.91 Å². The van der Waals surface area contributed by atoms with Crippen molar-refractivity contribution in [3.63, 3.8) is 0 Å². The van der Waals surface area contributed by atoms with Crippen LogP contribution in [-0.4, -0.2) is 34.7 Å². The predicted molar refractivity (Wildman–Crippen MR) is 91.5 cm³/mol. The van der Waals surface area contributed by atoms with Crippen LogP contribution < -0.4 is 10.2 Å². The van der Waals surface area contributed by atoms with E-state index in [0.29, 0.717) is 12.1 Å². The molecule has 0 fully saturated rings. The van der Waals surface area contributed by atoms with Gasteiger partial charge in [-0.05, 0) is 42.0 Å². The molecule has 0 unspecified atom stereocenters. The van der Waals surface area contributed by atoms with E-state index in [4.69, 9.17) is 0 Å². The second kappa shape index (κ2) is 6.83. The Balaban J connectivity index is 1.98. The first-order valence-electron chi connectivity index (χ1n) is 7.12. The number of benzene rings is 2. The topological polar surface area (TPSA) is 66.5 Å². The number of carbonyl (C=O) groups is 1. The second-order valence-corrected chi connectivity index (χ2v) is 7.56. The van der Waals surface area contributed by atoms with Crippen LogP contribution in [0.25, 0.3) is 0 Å². The van der Waals surface area contributed by atoms with Gasteiger partial charge in [0.05, 0.1) is 4.90 Å². The molecular weight excluding hydrogens is 312 g/mol. The van der Waals surface area contributed by atoms with Crippen molar-refractivity contribution in [1.82, 2.24) is 5.32 Å². The molecule has 1 N–H and O–H groups in total. The van der Waals surface area contributed by atoms with E-state index in [0.717, 1.165) is 11.3 Å². The van der Waals surface area contributed by atoms with Crippen molar-refractivity contribution in [2.75, 3.05) is 25.3 Å². The zero-order valence-corrected chi connectivity index (χ0v) is 14.2. The average molecular weight is 332 g/mol. The molecule has 0 saturated carbocycles. The first-order chi connectivity index (χ1) is 10.8. The van der Waals surface area contributed by atoms with Gasteiger partial charge in [-0.1, -0.05) is 12.1 Å². The number of nitrogens with zero attached hydrogens (tertiary/aromatic N) is 1. The Kier molecular flexibility index (Phi) is 5.05. The molecule has 0 aromatic heterocycles. The van der Waals surface area contributed by atoms with Crippen LogP contribution in [-0.2, 0) is 16.4 Å². The van der Waals surface area contributed by atoms with Crippen molar-refractivity contribution in [3.8, 4) is 0 Å². The van der Waals surface area contributed by atoms with Gasteiger partial charge in [-0.3, -0.25) is 4.79 Å². The van der Waals surface area contributed by atoms with Crippen molar-refractivity contribution in [2.45, 2.75) is 11.4 Å². The molecule has 2 aromatic rings. The van der Waals surface area contributed by atoms with Crippen LogP contribution in [0.5, 0.6) is 0 Å². The maximum atomic E-state index is 12.1. The van der Waals surface area contributed by atoms with Crippen molar-refractivity contribution in [2.24, 2.45) is 0 Å². The third-order valence-electron chi connectivity index (χ3n) is 3.45. The molecule has 23 heavy (non-hydrogen) atoms. The van der Waals surface area contributed by atoms with Gasteiger partial charge >= 0.3 is 0 Å². The zero-order valence-electron chi connectivity index (χ0n) is 13.4. The summed E-state index contributed by atoms with van der Waals surface area (Å²) in [5.74, 6) is -0.164. The SMILES string of the molecule is CN(C)c1ccc(C(=O)NCc2ccc(S(C)(=O)=O)cc2)cc1. The molecule has 0 aliphatic carbocycles. The van der Waals surface area contributed by atoms with Gasteiger partial charge < -0.3 is 10.2 Å². The molecule has 6 heteroatoms. The van der Waals surface area contributed by atoms with Gasteiger partial charge in [-0.2, -0.15) is 0 Å². The molecule has 0 heterocycles. The number of amides is 1. The first kappa shape index (κ1) is 17.0. The zero-order chi connectivity index (χ0) is 17.0. The molecular formula is C17H20N2O3S. The molecule has 2 rings (SSSR count). The standard InChI is InChI=1S/C17H20N2O3S/c1-19(2)15-8-6-14(7-9-15)17(20)18-12-13-4-10-16(11-5-13)23(3,21)22/h4-11H,12H2,1-3H3,(H,18,20). The van der Waals surface area contributed by atoms with Crippen LogP contribution >= 0.6 is 0 Å². The van der Waals surface area contributed by atoms with Crippen LogP contribution in [0.15, 0.2) is 53.4 Å². The van der Waals surface area contributed by atoms with Crippen molar-refractivity contribution < 1.29 is 13.2 Å². The van der Waals surface area contributed by atoms with Gasteiger partial charge in [-0.25, -0.2) is 8.42 Å². The minimum absolute atomic E-state index is 0.164. The molecule has 0 saturated heterocycles. The lowest BCUT2D eigenvalue weighted by atomic mass is 10.1. The Labute approximate surface area is 136 Å². The second-order valence-electron chi connectivity index (χ2n) is 5.54. The number of hydrogen-bond donors (Lipinski definition) is 1. The number of carbonyl (C=O) groups excluding carboxylic acids is 1. The van der Waals surface area contributed by atoms with E-state index in [1.54, 1.807) is 36.4 Å². The van der Waals surface area contributed by atoms with Crippen molar-refractivity contribution in [1.29, 1.82) is 0 Å². The van der Waals surface area contributed by atoms with Crippen LogP contribution in [0, 0.1) is 0 Å². The van der Waals surface area contributed by atoms with Crippen LogP contribution in [0.3, 0.4) is 0 Å². The van der Waals surface area contributed by atoms with E-state index in [1.807, 2.05) is 31.1 Å². The molecule has 122 valence electrons. The number of sulfone groups is 1. The van der Waals surface area contributed by atoms with Gasteiger partial charge in [0.15, 0.2) is 9.84 Å². The summed E-state index contributed by atoms with van der Waals surface area (Å²) in [6, 6.07) is 13.8. The highest BCUT2D eigenvalue weighted by molar-refractivity contribution is 7.90. The van der Waals surface area contributed by atoms with E-state index >= 15 is 0 Å². The van der Waals surface area contributed by atoms with E-state index in [-0.39, 0.29) is 10.8 Å². The Hall–Kier alpha value is -2.34. The molecule has 0 atom stereocenters. The molecule has 0 radical (unpaired) electrons. The fraction of sp³-hybridized carbons (Fsp3) is 0.235. The Morgan fingerprint density at radius 1 is 1.00 bits per heavy atom. The lowest BCUT2D eigenvalue weighted by molar-refractivity contribution is 0.0951. The summed E-state index contributed by atoms with van der Waals surface area (Å²) in [5, 5.41) is 2.82. The molecule has 5 nitrogen and oxygen atoms in total. The predicted octanol–water partition coefficient (Wildman–Crippen LogP) is 2.09. The fourth-order valence-electron chi connectivity index (χ4n) is 2.05. The molecule has 0 bridgehead atoms. The van der Waals surface area contributed by atoms with Gasteiger partial charge in [0.2, 0.25) is 0 Å². The molecule has 0 aliphatic rings. The fourth-order valence-corrected chi connectivity index (χ4v) is 2.68. The smallest absolute Gasteiger partial charge is 0.251 e. The lowest BCUT2D eigenvalue weighted by Gasteiger charge is -2.12. The largest absolute Gasteiger partial charge is 0.378 e. The highest BCUT2D eigenvalue weighted by atomic mass is 32.2. The average Bonchev–Trinajstić information content (AvgIpc) is 2.52. The molecule has 1 amide bonds. The van der Waals surface area contributed by atoms with Crippen LogP contribution in [0.1, 0.15) is 15.9 Å². The van der Waals surface area contributed by atoms with E-state index < -0.39 is 9.84 Å². The number of hydrogen-bond acceptors (Lipinski definition) is 4. The van der Waals surface area contributed by atoms with Gasteiger partial charge in [0.1, 0.15) is 0 Å². The van der Waals surface area contributed by atoms with Crippen LogP contribution in [0.2, 0.25) is 0 Å². The van der Waals surface area contributed by atoms with Crippen molar-refractivity contribution in [3.05, 3.63) is 59.7 Å². The molecule has 2 aromatic carbocycles. The summed E-state index contributed by atoms with van der Waals surface area (Å²) >= 11 is 0.